The van der Waals surface area contributed by atoms with Crippen LogP contribution >= 0.6 is 0 Å². The fraction of sp³-hybridized carbons (Fsp3) is 0.615. The molecule has 0 radical (unpaired) electrons. The van der Waals surface area contributed by atoms with E-state index < -0.39 is 11.9 Å². The number of amides is 1. The summed E-state index contributed by atoms with van der Waals surface area (Å²) in [5.74, 6) is -1.32. The van der Waals surface area contributed by atoms with E-state index in [1.54, 1.807) is 0 Å². The van der Waals surface area contributed by atoms with E-state index in [4.69, 9.17) is 5.73 Å². The monoisotopic (exact) mass is 290 g/mol. The summed E-state index contributed by atoms with van der Waals surface area (Å²) in [5, 5.41) is 2.53. The van der Waals surface area contributed by atoms with E-state index in [9.17, 15) is 18.0 Å². The van der Waals surface area contributed by atoms with Crippen LogP contribution in [0, 0.1) is 12.8 Å². The van der Waals surface area contributed by atoms with Crippen molar-refractivity contribution < 1.29 is 22.4 Å². The highest BCUT2D eigenvalue weighted by Crippen LogP contribution is 2.34. The maximum absolute atomic E-state index is 12.7. The molecule has 20 heavy (non-hydrogen) atoms. The lowest BCUT2D eigenvalue weighted by atomic mass is 10.1. The molecule has 2 atom stereocenters. The van der Waals surface area contributed by atoms with Gasteiger partial charge in [0.05, 0.1) is 0 Å². The van der Waals surface area contributed by atoms with Gasteiger partial charge in [0, 0.05) is 24.1 Å². The molecule has 1 aromatic rings. The van der Waals surface area contributed by atoms with Gasteiger partial charge in [-0.3, -0.25) is 4.79 Å². The van der Waals surface area contributed by atoms with Gasteiger partial charge in [-0.05, 0) is 32.3 Å². The lowest BCUT2D eigenvalue weighted by molar-refractivity contribution is -0.154. The number of nitrogens with one attached hydrogen (secondary N) is 1. The van der Waals surface area contributed by atoms with Crippen molar-refractivity contribution in [2.24, 2.45) is 11.7 Å². The summed E-state index contributed by atoms with van der Waals surface area (Å²) in [6.07, 6.45) is -2.51. The number of carbonyl (C=O) groups excluding carboxylic acids is 1. The van der Waals surface area contributed by atoms with Gasteiger partial charge in [0.15, 0.2) is 0 Å². The lowest BCUT2D eigenvalue weighted by Gasteiger charge is -2.11. The molecule has 0 aromatic carbocycles. The number of hydrogen-bond donors (Lipinski definition) is 2. The number of hydrogen-bond acceptors (Lipinski definition) is 3. The quantitative estimate of drug-likeness (QED) is 0.898. The zero-order valence-electron chi connectivity index (χ0n) is 11.1. The second kappa shape index (κ2) is 5.47. The Hall–Kier alpha value is -1.50. The predicted octanol–water partition coefficient (Wildman–Crippen LogP) is 2.35. The van der Waals surface area contributed by atoms with E-state index in [1.807, 2.05) is 0 Å². The number of carbonyl (C=O) groups is 1. The van der Waals surface area contributed by atoms with Crippen LogP contribution in [0.1, 0.15) is 36.3 Å². The standard InChI is InChI=1S/C13H17F3N2O2/c1-7-4-9(11(20-7)13(14,15)16)6-18-12(19)8-2-3-10(17)5-8/h4,8,10H,2-3,5-6,17H2,1H3,(H,18,19)/t8-,10+/m1/s1. The van der Waals surface area contributed by atoms with Gasteiger partial charge in [0.2, 0.25) is 11.7 Å². The Labute approximate surface area is 114 Å². The average molecular weight is 290 g/mol. The third kappa shape index (κ3) is 3.33. The van der Waals surface area contributed by atoms with Crippen LogP contribution < -0.4 is 11.1 Å². The van der Waals surface area contributed by atoms with Crippen molar-refractivity contribution in [1.29, 1.82) is 0 Å². The third-order valence-corrected chi connectivity index (χ3v) is 3.49. The van der Waals surface area contributed by atoms with Crippen LogP contribution in [0.2, 0.25) is 0 Å². The van der Waals surface area contributed by atoms with Crippen LogP contribution in [0.15, 0.2) is 10.5 Å². The molecule has 0 saturated heterocycles. The zero-order valence-corrected chi connectivity index (χ0v) is 11.1. The number of rotatable bonds is 3. The molecule has 3 N–H and O–H groups in total. The van der Waals surface area contributed by atoms with Gasteiger partial charge in [-0.1, -0.05) is 0 Å². The first-order chi connectivity index (χ1) is 9.27. The lowest BCUT2D eigenvalue weighted by Crippen LogP contribution is -2.30. The topological polar surface area (TPSA) is 68.3 Å². The Morgan fingerprint density at radius 1 is 1.50 bits per heavy atom. The van der Waals surface area contributed by atoms with Crippen molar-refractivity contribution in [3.63, 3.8) is 0 Å². The average Bonchev–Trinajstić information content (AvgIpc) is 2.91. The Kier molecular flexibility index (Phi) is 4.08. The highest BCUT2D eigenvalue weighted by Gasteiger charge is 2.38. The minimum atomic E-state index is -4.55. The molecule has 1 aliphatic rings. The summed E-state index contributed by atoms with van der Waals surface area (Å²) in [6.45, 7) is 1.26. The fourth-order valence-corrected chi connectivity index (χ4v) is 2.52. The van der Waals surface area contributed by atoms with Crippen LogP contribution in [-0.4, -0.2) is 11.9 Å². The molecule has 0 unspecified atom stereocenters. The normalized spacial score (nSPS) is 23.1. The molecule has 1 aromatic heterocycles. The summed E-state index contributed by atoms with van der Waals surface area (Å²) in [5.41, 5.74) is 5.66. The van der Waals surface area contributed by atoms with Crippen molar-refractivity contribution in [1.82, 2.24) is 5.32 Å². The molecule has 0 bridgehead atoms. The Morgan fingerprint density at radius 2 is 2.20 bits per heavy atom. The minimum absolute atomic E-state index is 0.00709. The highest BCUT2D eigenvalue weighted by molar-refractivity contribution is 5.79. The SMILES string of the molecule is Cc1cc(CNC(=O)[C@@H]2CC[C@H](N)C2)c(C(F)(F)F)o1. The van der Waals surface area contributed by atoms with E-state index in [1.165, 1.54) is 13.0 Å². The molecular weight excluding hydrogens is 273 g/mol. The maximum Gasteiger partial charge on any atom is 0.449 e. The van der Waals surface area contributed by atoms with E-state index in [-0.39, 0.29) is 35.7 Å². The van der Waals surface area contributed by atoms with Gasteiger partial charge in [-0.25, -0.2) is 0 Å². The van der Waals surface area contributed by atoms with Gasteiger partial charge in [-0.2, -0.15) is 13.2 Å². The van der Waals surface area contributed by atoms with Crippen molar-refractivity contribution in [3.05, 3.63) is 23.2 Å². The Balaban J connectivity index is 1.99. The van der Waals surface area contributed by atoms with Gasteiger partial charge in [0.25, 0.3) is 0 Å². The van der Waals surface area contributed by atoms with Crippen molar-refractivity contribution in [2.45, 2.75) is 44.9 Å². The van der Waals surface area contributed by atoms with Crippen molar-refractivity contribution >= 4 is 5.91 Å². The molecule has 1 heterocycles. The molecule has 0 spiro atoms. The van der Waals surface area contributed by atoms with Crippen LogP contribution in [0.4, 0.5) is 13.2 Å². The third-order valence-electron chi connectivity index (χ3n) is 3.49. The second-order valence-electron chi connectivity index (χ2n) is 5.20. The molecule has 2 rings (SSSR count). The first-order valence-corrected chi connectivity index (χ1v) is 6.47. The maximum atomic E-state index is 12.7. The van der Waals surface area contributed by atoms with Gasteiger partial charge < -0.3 is 15.5 Å². The van der Waals surface area contributed by atoms with E-state index in [2.05, 4.69) is 9.73 Å². The number of furan rings is 1. The largest absolute Gasteiger partial charge is 0.456 e. The molecule has 4 nitrogen and oxygen atoms in total. The molecule has 0 aliphatic heterocycles. The number of halogens is 3. The summed E-state index contributed by atoms with van der Waals surface area (Å²) in [7, 11) is 0. The van der Waals surface area contributed by atoms with Gasteiger partial charge in [0.1, 0.15) is 5.76 Å². The Bertz CT molecular complexity index is 496. The number of alkyl halides is 3. The summed E-state index contributed by atoms with van der Waals surface area (Å²) in [6, 6.07) is 1.30. The molecule has 1 fully saturated rings. The molecule has 1 saturated carbocycles. The van der Waals surface area contributed by atoms with E-state index >= 15 is 0 Å². The Morgan fingerprint density at radius 3 is 2.75 bits per heavy atom. The van der Waals surface area contributed by atoms with E-state index in [0.717, 1.165) is 6.42 Å². The molecule has 112 valence electrons. The minimum Gasteiger partial charge on any atom is -0.456 e. The van der Waals surface area contributed by atoms with Crippen molar-refractivity contribution in [2.75, 3.05) is 0 Å². The molecular formula is C13H17F3N2O2. The van der Waals surface area contributed by atoms with Crippen LogP contribution in [-0.2, 0) is 17.5 Å². The van der Waals surface area contributed by atoms with Crippen LogP contribution in [0.5, 0.6) is 0 Å². The van der Waals surface area contributed by atoms with Crippen LogP contribution in [0.25, 0.3) is 0 Å². The zero-order chi connectivity index (χ0) is 14.9. The summed E-state index contributed by atoms with van der Waals surface area (Å²) < 4.78 is 42.8. The number of nitrogens with two attached hydrogens (primary N) is 1. The fourth-order valence-electron chi connectivity index (χ4n) is 2.52. The van der Waals surface area contributed by atoms with E-state index in [0.29, 0.717) is 12.8 Å². The molecule has 1 aliphatic carbocycles. The van der Waals surface area contributed by atoms with Gasteiger partial charge >= 0.3 is 6.18 Å². The first kappa shape index (κ1) is 14.9. The summed E-state index contributed by atoms with van der Waals surface area (Å²) in [4.78, 5) is 11.9. The van der Waals surface area contributed by atoms with Gasteiger partial charge in [-0.15, -0.1) is 0 Å². The predicted molar refractivity (Wildman–Crippen MR) is 65.6 cm³/mol. The smallest absolute Gasteiger partial charge is 0.449 e. The first-order valence-electron chi connectivity index (χ1n) is 6.47. The van der Waals surface area contributed by atoms with Crippen LogP contribution in [0.3, 0.4) is 0 Å². The molecule has 1 amide bonds. The number of aryl methyl sites for hydroxylation is 1. The molecule has 7 heteroatoms. The summed E-state index contributed by atoms with van der Waals surface area (Å²) >= 11 is 0. The second-order valence-corrected chi connectivity index (χ2v) is 5.20. The highest BCUT2D eigenvalue weighted by atomic mass is 19.4. The van der Waals surface area contributed by atoms with Crippen molar-refractivity contribution in [3.8, 4) is 0 Å².